The molecule has 92 valence electrons. The summed E-state index contributed by atoms with van der Waals surface area (Å²) in [7, 11) is 0. The zero-order valence-electron chi connectivity index (χ0n) is 11.2. The summed E-state index contributed by atoms with van der Waals surface area (Å²) in [5.41, 5.74) is 0.0602. The Bertz CT molecular complexity index is 296. The van der Waals surface area contributed by atoms with E-state index in [2.05, 4.69) is 41.2 Å². The molecule has 1 rings (SSSR count). The molecule has 0 amide bonds. The summed E-state index contributed by atoms with van der Waals surface area (Å²) in [5.74, 6) is -0.148. The maximum Gasteiger partial charge on any atom is 0.310 e. The van der Waals surface area contributed by atoms with E-state index in [0.717, 1.165) is 12.8 Å². The molecule has 0 aromatic heterocycles. The zero-order chi connectivity index (χ0) is 12.6. The lowest BCUT2D eigenvalue weighted by Gasteiger charge is -2.28. The minimum absolute atomic E-state index is 0.122. The number of rotatable bonds is 4. The molecule has 0 bridgehead atoms. The molecule has 2 heteroatoms. The van der Waals surface area contributed by atoms with Crippen LogP contribution >= 0.6 is 0 Å². The first-order valence-corrected chi connectivity index (χ1v) is 5.95. The molecule has 0 radical (unpaired) electrons. The summed E-state index contributed by atoms with van der Waals surface area (Å²) in [6, 6.07) is 0. The topological polar surface area (TPSA) is 26.3 Å². The van der Waals surface area contributed by atoms with Crippen molar-refractivity contribution in [2.75, 3.05) is 0 Å². The van der Waals surface area contributed by atoms with Crippen molar-refractivity contribution >= 4 is 5.97 Å². The molecule has 0 aliphatic heterocycles. The average Bonchev–Trinajstić information content (AvgIpc) is 2.46. The molecule has 1 fully saturated rings. The number of hydrogen-bond acceptors (Lipinski definition) is 2. The second-order valence-corrected chi connectivity index (χ2v) is 6.76. The minimum atomic E-state index is -0.245. The predicted octanol–water partition coefficient (Wildman–Crippen LogP) is 3.71. The van der Waals surface area contributed by atoms with Gasteiger partial charge in [-0.1, -0.05) is 40.7 Å². The van der Waals surface area contributed by atoms with Gasteiger partial charge < -0.3 is 4.74 Å². The number of carbonyl (C=O) groups excluding carboxylic acids is 1. The standard InChI is InChI=1S/C14H24O2/c1-7-8-11(15)16-14(9-12(2,3)4)10-13(14,5)6/h7H,1,8-10H2,2-6H3. The van der Waals surface area contributed by atoms with Gasteiger partial charge in [0.2, 0.25) is 0 Å². The maximum atomic E-state index is 11.6. The van der Waals surface area contributed by atoms with Crippen molar-refractivity contribution in [2.24, 2.45) is 10.8 Å². The SMILES string of the molecule is C=CCC(=O)OC1(CC(C)(C)C)CC1(C)C. The van der Waals surface area contributed by atoms with Gasteiger partial charge in [0.05, 0.1) is 6.42 Å². The Morgan fingerprint density at radius 2 is 1.94 bits per heavy atom. The van der Waals surface area contributed by atoms with Crippen molar-refractivity contribution in [1.82, 2.24) is 0 Å². The maximum absolute atomic E-state index is 11.6. The Hall–Kier alpha value is -0.790. The van der Waals surface area contributed by atoms with E-state index < -0.39 is 0 Å². The number of carbonyl (C=O) groups is 1. The average molecular weight is 224 g/mol. The van der Waals surface area contributed by atoms with Crippen LogP contribution in [0.2, 0.25) is 0 Å². The van der Waals surface area contributed by atoms with E-state index in [1.54, 1.807) is 6.08 Å². The molecule has 1 atom stereocenters. The molecule has 0 spiro atoms. The van der Waals surface area contributed by atoms with Gasteiger partial charge in [0.15, 0.2) is 0 Å². The van der Waals surface area contributed by atoms with E-state index in [9.17, 15) is 4.79 Å². The van der Waals surface area contributed by atoms with Crippen molar-refractivity contribution in [1.29, 1.82) is 0 Å². The molecule has 0 aromatic rings. The number of hydrogen-bond donors (Lipinski definition) is 0. The monoisotopic (exact) mass is 224 g/mol. The molecule has 0 heterocycles. The smallest absolute Gasteiger partial charge is 0.310 e. The molecule has 16 heavy (non-hydrogen) atoms. The Balaban J connectivity index is 2.70. The third-order valence-corrected chi connectivity index (χ3v) is 3.27. The van der Waals surface area contributed by atoms with Gasteiger partial charge in [-0.15, -0.1) is 6.58 Å². The van der Waals surface area contributed by atoms with Crippen LogP contribution in [0.5, 0.6) is 0 Å². The fraction of sp³-hybridized carbons (Fsp3) is 0.786. The highest BCUT2D eigenvalue weighted by Crippen LogP contribution is 2.62. The summed E-state index contributed by atoms with van der Waals surface area (Å²) in [6.45, 7) is 14.4. The molecule has 0 N–H and O–H groups in total. The molecule has 1 aliphatic rings. The van der Waals surface area contributed by atoms with Crippen LogP contribution < -0.4 is 0 Å². The predicted molar refractivity (Wildman–Crippen MR) is 66.1 cm³/mol. The van der Waals surface area contributed by atoms with Crippen LogP contribution in [0, 0.1) is 10.8 Å². The van der Waals surface area contributed by atoms with Crippen molar-refractivity contribution < 1.29 is 9.53 Å². The molecule has 0 saturated heterocycles. The van der Waals surface area contributed by atoms with E-state index in [-0.39, 0.29) is 22.4 Å². The van der Waals surface area contributed by atoms with Crippen molar-refractivity contribution in [3.05, 3.63) is 12.7 Å². The fourth-order valence-corrected chi connectivity index (χ4v) is 2.42. The Labute approximate surface area is 99.1 Å². The van der Waals surface area contributed by atoms with Crippen LogP contribution in [0.25, 0.3) is 0 Å². The van der Waals surface area contributed by atoms with Crippen molar-refractivity contribution in [3.8, 4) is 0 Å². The highest BCUT2D eigenvalue weighted by atomic mass is 16.6. The molecular formula is C14H24O2. The van der Waals surface area contributed by atoms with Gasteiger partial charge in [0.25, 0.3) is 0 Å². The molecule has 0 aromatic carbocycles. The van der Waals surface area contributed by atoms with Crippen LogP contribution in [0.3, 0.4) is 0 Å². The summed E-state index contributed by atoms with van der Waals surface area (Å²) in [6.07, 6.45) is 3.81. The van der Waals surface area contributed by atoms with E-state index in [1.807, 2.05) is 0 Å². The lowest BCUT2D eigenvalue weighted by molar-refractivity contribution is -0.154. The van der Waals surface area contributed by atoms with Crippen LogP contribution in [0.4, 0.5) is 0 Å². The van der Waals surface area contributed by atoms with Crippen LogP contribution in [-0.2, 0) is 9.53 Å². The van der Waals surface area contributed by atoms with E-state index in [1.165, 1.54) is 0 Å². The normalized spacial score (nSPS) is 27.3. The summed E-state index contributed by atoms with van der Waals surface area (Å²) in [4.78, 5) is 11.6. The summed E-state index contributed by atoms with van der Waals surface area (Å²) in [5, 5.41) is 0. The largest absolute Gasteiger partial charge is 0.458 e. The van der Waals surface area contributed by atoms with Gasteiger partial charge in [-0.3, -0.25) is 4.79 Å². The van der Waals surface area contributed by atoms with Gasteiger partial charge in [-0.05, 0) is 18.3 Å². The van der Waals surface area contributed by atoms with Crippen molar-refractivity contribution in [3.63, 3.8) is 0 Å². The third kappa shape index (κ3) is 2.87. The molecular weight excluding hydrogens is 200 g/mol. The van der Waals surface area contributed by atoms with E-state index in [0.29, 0.717) is 6.42 Å². The van der Waals surface area contributed by atoms with Crippen LogP contribution in [0.15, 0.2) is 12.7 Å². The second-order valence-electron chi connectivity index (χ2n) is 6.76. The highest BCUT2D eigenvalue weighted by Gasteiger charge is 2.65. The lowest BCUT2D eigenvalue weighted by Crippen LogP contribution is -2.30. The molecule has 2 nitrogen and oxygen atoms in total. The summed E-state index contributed by atoms with van der Waals surface area (Å²) < 4.78 is 5.67. The lowest BCUT2D eigenvalue weighted by atomic mass is 9.85. The highest BCUT2D eigenvalue weighted by molar-refractivity contribution is 5.72. The Morgan fingerprint density at radius 3 is 2.25 bits per heavy atom. The van der Waals surface area contributed by atoms with Gasteiger partial charge in [-0.25, -0.2) is 0 Å². The molecule has 1 saturated carbocycles. The Morgan fingerprint density at radius 1 is 1.44 bits per heavy atom. The van der Waals surface area contributed by atoms with Crippen LogP contribution in [-0.4, -0.2) is 11.6 Å². The zero-order valence-corrected chi connectivity index (χ0v) is 11.2. The minimum Gasteiger partial charge on any atom is -0.458 e. The third-order valence-electron chi connectivity index (χ3n) is 3.27. The van der Waals surface area contributed by atoms with Gasteiger partial charge >= 0.3 is 5.97 Å². The quantitative estimate of drug-likeness (QED) is 0.537. The first-order chi connectivity index (χ1) is 7.12. The van der Waals surface area contributed by atoms with E-state index >= 15 is 0 Å². The fourth-order valence-electron chi connectivity index (χ4n) is 2.42. The van der Waals surface area contributed by atoms with Crippen LogP contribution in [0.1, 0.15) is 53.9 Å². The first kappa shape index (κ1) is 13.3. The molecule has 1 aliphatic carbocycles. The van der Waals surface area contributed by atoms with Gasteiger partial charge in [0.1, 0.15) is 5.60 Å². The van der Waals surface area contributed by atoms with Gasteiger partial charge in [0, 0.05) is 5.41 Å². The van der Waals surface area contributed by atoms with Crippen molar-refractivity contribution in [2.45, 2.75) is 59.5 Å². The van der Waals surface area contributed by atoms with Gasteiger partial charge in [-0.2, -0.15) is 0 Å². The first-order valence-electron chi connectivity index (χ1n) is 5.95. The number of ether oxygens (including phenoxy) is 1. The second kappa shape index (κ2) is 3.90. The molecule has 1 unspecified atom stereocenters. The van der Waals surface area contributed by atoms with E-state index in [4.69, 9.17) is 4.74 Å². The Kier molecular flexibility index (Phi) is 3.24. The summed E-state index contributed by atoms with van der Waals surface area (Å²) >= 11 is 0. The number of esters is 1.